The van der Waals surface area contributed by atoms with E-state index in [0.29, 0.717) is 53.0 Å². The minimum absolute atomic E-state index is 0.0831. The first-order valence-electron chi connectivity index (χ1n) is 8.44. The number of halogens is 2. The zero-order chi connectivity index (χ0) is 19.4. The number of rotatable bonds is 4. The molecule has 2 aromatic carbocycles. The summed E-state index contributed by atoms with van der Waals surface area (Å²) in [6, 6.07) is 11.6. The van der Waals surface area contributed by atoms with Gasteiger partial charge >= 0.3 is 6.09 Å². The predicted molar refractivity (Wildman–Crippen MR) is 103 cm³/mol. The van der Waals surface area contributed by atoms with Gasteiger partial charge in [-0.1, -0.05) is 35.3 Å². The van der Waals surface area contributed by atoms with Crippen LogP contribution in [0, 0.1) is 0 Å². The molecule has 2 N–H and O–H groups in total. The molecule has 0 aromatic heterocycles. The summed E-state index contributed by atoms with van der Waals surface area (Å²) in [5.74, 6) is 0.503. The minimum atomic E-state index is -0.932. The lowest BCUT2D eigenvalue weighted by Gasteiger charge is -2.30. The maximum atomic E-state index is 12.7. The zero-order valence-corrected chi connectivity index (χ0v) is 15.8. The highest BCUT2D eigenvalue weighted by Crippen LogP contribution is 2.33. The molecule has 1 fully saturated rings. The van der Waals surface area contributed by atoms with Gasteiger partial charge in [0.05, 0.1) is 10.6 Å². The van der Waals surface area contributed by atoms with Gasteiger partial charge < -0.3 is 20.1 Å². The Hall–Kier alpha value is -2.44. The summed E-state index contributed by atoms with van der Waals surface area (Å²) >= 11 is 12.0. The van der Waals surface area contributed by atoms with Crippen LogP contribution in [0.1, 0.15) is 23.2 Å². The van der Waals surface area contributed by atoms with Crippen LogP contribution in [0.3, 0.4) is 0 Å². The van der Waals surface area contributed by atoms with Crippen molar-refractivity contribution >= 4 is 35.2 Å². The van der Waals surface area contributed by atoms with Gasteiger partial charge in [0.1, 0.15) is 11.5 Å². The Labute approximate surface area is 166 Å². The molecule has 0 bridgehead atoms. The average Bonchev–Trinajstić information content (AvgIpc) is 2.65. The summed E-state index contributed by atoms with van der Waals surface area (Å²) in [7, 11) is 0. The molecule has 1 saturated heterocycles. The van der Waals surface area contributed by atoms with Crippen LogP contribution in [0.25, 0.3) is 0 Å². The second-order valence-electron chi connectivity index (χ2n) is 6.19. The third-order valence-corrected chi connectivity index (χ3v) is 4.88. The third-order valence-electron chi connectivity index (χ3n) is 4.35. The van der Waals surface area contributed by atoms with Gasteiger partial charge in [0, 0.05) is 24.2 Å². The fourth-order valence-corrected chi connectivity index (χ4v) is 3.34. The first-order chi connectivity index (χ1) is 12.9. The first kappa shape index (κ1) is 19.3. The summed E-state index contributed by atoms with van der Waals surface area (Å²) in [6.07, 6.45) is 0.215. The monoisotopic (exact) mass is 408 g/mol. The van der Waals surface area contributed by atoms with Crippen molar-refractivity contribution in [1.82, 2.24) is 10.2 Å². The standard InChI is InChI=1S/C19H18Cl2N2O4/c20-12-5-6-17(15(21)11-12)27-16-4-2-1-3-14(16)18(24)22-13-7-9-23(10-8-13)19(25)26/h1-6,11,13H,7-10H2,(H,22,24)(H,25,26). The van der Waals surface area contributed by atoms with Crippen LogP contribution in [-0.2, 0) is 0 Å². The number of para-hydroxylation sites is 1. The van der Waals surface area contributed by atoms with Crippen molar-refractivity contribution in [2.45, 2.75) is 18.9 Å². The van der Waals surface area contributed by atoms with E-state index in [1.54, 1.807) is 42.5 Å². The van der Waals surface area contributed by atoms with E-state index in [0.717, 1.165) is 0 Å². The van der Waals surface area contributed by atoms with Gasteiger partial charge in [0.15, 0.2) is 0 Å². The second-order valence-corrected chi connectivity index (χ2v) is 7.03. The van der Waals surface area contributed by atoms with Crippen molar-refractivity contribution in [3.63, 3.8) is 0 Å². The Morgan fingerprint density at radius 1 is 1.07 bits per heavy atom. The number of hydrogen-bond donors (Lipinski definition) is 2. The van der Waals surface area contributed by atoms with Crippen molar-refractivity contribution in [2.75, 3.05) is 13.1 Å². The average molecular weight is 409 g/mol. The van der Waals surface area contributed by atoms with Crippen molar-refractivity contribution in [3.05, 3.63) is 58.1 Å². The highest BCUT2D eigenvalue weighted by atomic mass is 35.5. The van der Waals surface area contributed by atoms with Crippen LogP contribution < -0.4 is 10.1 Å². The minimum Gasteiger partial charge on any atom is -0.465 e. The Morgan fingerprint density at radius 3 is 2.44 bits per heavy atom. The summed E-state index contributed by atoms with van der Waals surface area (Å²) < 4.78 is 5.82. The molecule has 2 aromatic rings. The number of ether oxygens (including phenoxy) is 1. The van der Waals surface area contributed by atoms with Crippen LogP contribution in [0.5, 0.6) is 11.5 Å². The highest BCUT2D eigenvalue weighted by molar-refractivity contribution is 6.35. The molecule has 0 aliphatic carbocycles. The van der Waals surface area contributed by atoms with E-state index in [2.05, 4.69) is 5.32 Å². The van der Waals surface area contributed by atoms with Crippen LogP contribution >= 0.6 is 23.2 Å². The number of nitrogens with one attached hydrogen (secondary N) is 1. The number of benzene rings is 2. The maximum Gasteiger partial charge on any atom is 0.407 e. The largest absolute Gasteiger partial charge is 0.465 e. The lowest BCUT2D eigenvalue weighted by molar-refractivity contribution is 0.0905. The molecule has 142 valence electrons. The van der Waals surface area contributed by atoms with Gasteiger partial charge in [-0.15, -0.1) is 0 Å². The molecule has 6 nitrogen and oxygen atoms in total. The number of carbonyl (C=O) groups excluding carboxylic acids is 1. The van der Waals surface area contributed by atoms with E-state index in [9.17, 15) is 9.59 Å². The Balaban J connectivity index is 1.70. The molecule has 0 spiro atoms. The Kier molecular flexibility index (Phi) is 6.08. The second kappa shape index (κ2) is 8.50. The summed E-state index contributed by atoms with van der Waals surface area (Å²) in [5.41, 5.74) is 0.379. The van der Waals surface area contributed by atoms with E-state index in [1.165, 1.54) is 4.90 Å². The molecular formula is C19H18Cl2N2O4. The molecule has 3 rings (SSSR count). The predicted octanol–water partition coefficient (Wildman–Crippen LogP) is 4.66. The lowest BCUT2D eigenvalue weighted by atomic mass is 10.0. The molecule has 1 aliphatic heterocycles. The molecular weight excluding hydrogens is 391 g/mol. The van der Waals surface area contributed by atoms with E-state index >= 15 is 0 Å². The van der Waals surface area contributed by atoms with E-state index in [1.807, 2.05) is 0 Å². The van der Waals surface area contributed by atoms with Gasteiger partial charge in [-0.05, 0) is 43.2 Å². The van der Waals surface area contributed by atoms with Gasteiger partial charge in [-0.3, -0.25) is 4.79 Å². The van der Waals surface area contributed by atoms with E-state index in [-0.39, 0.29) is 11.9 Å². The number of nitrogens with zero attached hydrogens (tertiary/aromatic N) is 1. The zero-order valence-electron chi connectivity index (χ0n) is 14.3. The van der Waals surface area contributed by atoms with Crippen molar-refractivity contribution in [1.29, 1.82) is 0 Å². The smallest absolute Gasteiger partial charge is 0.407 e. The van der Waals surface area contributed by atoms with Crippen molar-refractivity contribution in [2.24, 2.45) is 0 Å². The summed E-state index contributed by atoms with van der Waals surface area (Å²) in [5, 5.41) is 12.8. The molecule has 8 heteroatoms. The quantitative estimate of drug-likeness (QED) is 0.770. The number of carboxylic acid groups (broad SMARTS) is 1. The normalized spacial score (nSPS) is 14.7. The topological polar surface area (TPSA) is 78.9 Å². The Bertz CT molecular complexity index is 851. The van der Waals surface area contributed by atoms with Gasteiger partial charge in [-0.2, -0.15) is 0 Å². The summed E-state index contributed by atoms with van der Waals surface area (Å²) in [6.45, 7) is 0.803. The first-order valence-corrected chi connectivity index (χ1v) is 9.20. The molecule has 0 atom stereocenters. The molecule has 0 saturated carbocycles. The maximum absolute atomic E-state index is 12.7. The molecule has 2 amide bonds. The fraction of sp³-hybridized carbons (Fsp3) is 0.263. The molecule has 0 radical (unpaired) electrons. The van der Waals surface area contributed by atoms with Crippen molar-refractivity contribution < 1.29 is 19.4 Å². The van der Waals surface area contributed by atoms with Crippen LogP contribution in [0.2, 0.25) is 10.0 Å². The van der Waals surface area contributed by atoms with Crippen molar-refractivity contribution in [3.8, 4) is 11.5 Å². The number of piperidine rings is 1. The molecule has 1 heterocycles. The number of likely N-dealkylation sites (tertiary alicyclic amines) is 1. The third kappa shape index (κ3) is 4.84. The molecule has 1 aliphatic rings. The van der Waals surface area contributed by atoms with E-state index in [4.69, 9.17) is 33.0 Å². The van der Waals surface area contributed by atoms with Crippen LogP contribution in [-0.4, -0.2) is 41.1 Å². The van der Waals surface area contributed by atoms with Crippen LogP contribution in [0.15, 0.2) is 42.5 Å². The molecule has 27 heavy (non-hydrogen) atoms. The Morgan fingerprint density at radius 2 is 1.78 bits per heavy atom. The number of hydrogen-bond acceptors (Lipinski definition) is 3. The number of amides is 2. The van der Waals surface area contributed by atoms with E-state index < -0.39 is 6.09 Å². The van der Waals surface area contributed by atoms with Gasteiger partial charge in [0.25, 0.3) is 5.91 Å². The molecule has 0 unspecified atom stereocenters. The summed E-state index contributed by atoms with van der Waals surface area (Å²) in [4.78, 5) is 25.0. The highest BCUT2D eigenvalue weighted by Gasteiger charge is 2.24. The lowest BCUT2D eigenvalue weighted by Crippen LogP contribution is -2.46. The van der Waals surface area contributed by atoms with Gasteiger partial charge in [0.2, 0.25) is 0 Å². The fourth-order valence-electron chi connectivity index (χ4n) is 2.90. The van der Waals surface area contributed by atoms with Gasteiger partial charge in [-0.25, -0.2) is 4.79 Å². The number of carbonyl (C=O) groups is 2. The SMILES string of the molecule is O=C(NC1CCN(C(=O)O)CC1)c1ccccc1Oc1ccc(Cl)cc1Cl. The van der Waals surface area contributed by atoms with Crippen LogP contribution in [0.4, 0.5) is 4.79 Å².